The van der Waals surface area contributed by atoms with Crippen molar-refractivity contribution in [2.75, 3.05) is 18.6 Å². The average Bonchev–Trinajstić information content (AvgIpc) is 3.40. The number of hydrogen-bond donors (Lipinski definition) is 2. The second-order valence-electron chi connectivity index (χ2n) is 12.6. The third-order valence-electron chi connectivity index (χ3n) is 10.5. The highest BCUT2D eigenvalue weighted by atomic mass is 16.5. The molecule has 6 atom stereocenters. The topological polar surface area (TPSA) is 124 Å². The number of fused-ring (bicyclic) bond motifs is 4. The Balaban J connectivity index is 1.30. The number of imide groups is 2. The van der Waals surface area contributed by atoms with Gasteiger partial charge < -0.3 is 14.9 Å². The number of aromatic hydroxyl groups is 2. The van der Waals surface area contributed by atoms with Crippen molar-refractivity contribution in [1.29, 1.82) is 0 Å². The van der Waals surface area contributed by atoms with Gasteiger partial charge in [-0.25, -0.2) is 4.90 Å². The van der Waals surface area contributed by atoms with Gasteiger partial charge >= 0.3 is 0 Å². The van der Waals surface area contributed by atoms with Crippen LogP contribution in [0, 0.1) is 29.1 Å². The molecule has 0 spiro atoms. The lowest BCUT2D eigenvalue weighted by molar-refractivity contribution is -0.140. The molecule has 2 saturated heterocycles. The van der Waals surface area contributed by atoms with Crippen molar-refractivity contribution in [2.45, 2.75) is 32.1 Å². The van der Waals surface area contributed by atoms with E-state index in [9.17, 15) is 29.4 Å². The van der Waals surface area contributed by atoms with Crippen LogP contribution < -0.4 is 9.64 Å². The zero-order valence-electron chi connectivity index (χ0n) is 25.1. The van der Waals surface area contributed by atoms with Crippen LogP contribution in [-0.2, 0) is 25.6 Å². The normalized spacial score (nSPS) is 28.9. The standard InChI is InChI=1S/C36H34N2O7/c1-36-27(33(42)38(35(36)44)21-7-4-3-5-8-21)19-26-23(30(36)25-9-6-10-28(45-2)31(25)40)15-16-24-29(26)34(43)37(32(24)41)18-17-20-11-13-22(39)14-12-20/h3-15,24,26-27,29-30,39-40H,16-19H2,1-2H3. The molecule has 4 aliphatic rings. The van der Waals surface area contributed by atoms with Crippen LogP contribution >= 0.6 is 0 Å². The average molecular weight is 607 g/mol. The number of anilines is 1. The van der Waals surface area contributed by atoms with Crippen molar-refractivity contribution in [3.63, 3.8) is 0 Å². The van der Waals surface area contributed by atoms with Gasteiger partial charge in [-0.05, 0) is 68.0 Å². The number of amides is 4. The van der Waals surface area contributed by atoms with Gasteiger partial charge in [0.25, 0.3) is 0 Å². The van der Waals surface area contributed by atoms with E-state index in [0.717, 1.165) is 11.1 Å². The summed E-state index contributed by atoms with van der Waals surface area (Å²) >= 11 is 0. The number of rotatable bonds is 6. The van der Waals surface area contributed by atoms with E-state index in [1.165, 1.54) is 16.9 Å². The van der Waals surface area contributed by atoms with Crippen LogP contribution in [0.1, 0.15) is 36.8 Å². The van der Waals surface area contributed by atoms with Crippen LogP contribution in [0.15, 0.2) is 84.4 Å². The molecule has 9 nitrogen and oxygen atoms in total. The molecule has 0 radical (unpaired) electrons. The molecule has 7 rings (SSSR count). The van der Waals surface area contributed by atoms with Gasteiger partial charge in [0.15, 0.2) is 11.5 Å². The van der Waals surface area contributed by atoms with Gasteiger partial charge in [-0.15, -0.1) is 0 Å². The summed E-state index contributed by atoms with van der Waals surface area (Å²) in [4.78, 5) is 59.0. The number of para-hydroxylation sites is 2. The first kappa shape index (κ1) is 28.8. The summed E-state index contributed by atoms with van der Waals surface area (Å²) in [6.45, 7) is 2.00. The first-order chi connectivity index (χ1) is 21.7. The molecule has 6 unspecified atom stereocenters. The molecule has 0 bridgehead atoms. The van der Waals surface area contributed by atoms with E-state index in [1.54, 1.807) is 73.7 Å². The van der Waals surface area contributed by atoms with Gasteiger partial charge in [-0.1, -0.05) is 54.1 Å². The summed E-state index contributed by atoms with van der Waals surface area (Å²) in [6, 6.07) is 20.6. The Morgan fingerprint density at radius 3 is 2.31 bits per heavy atom. The van der Waals surface area contributed by atoms with Gasteiger partial charge in [0.05, 0.1) is 36.0 Å². The summed E-state index contributed by atoms with van der Waals surface area (Å²) < 4.78 is 5.43. The van der Waals surface area contributed by atoms with E-state index in [2.05, 4.69) is 0 Å². The number of phenolic OH excluding ortho intramolecular Hbond substituents is 2. The molecular weight excluding hydrogens is 572 g/mol. The maximum absolute atomic E-state index is 14.5. The number of carbonyl (C=O) groups excluding carboxylic acids is 4. The number of carbonyl (C=O) groups is 4. The van der Waals surface area contributed by atoms with E-state index in [0.29, 0.717) is 24.1 Å². The summed E-state index contributed by atoms with van der Waals surface area (Å²) in [5.74, 6) is -4.15. The molecule has 1 saturated carbocycles. The summed E-state index contributed by atoms with van der Waals surface area (Å²) in [6.07, 6.45) is 2.98. The fourth-order valence-corrected chi connectivity index (χ4v) is 8.31. The maximum Gasteiger partial charge on any atom is 0.241 e. The number of benzene rings is 3. The lowest BCUT2D eigenvalue weighted by atomic mass is 9.51. The molecule has 3 aromatic carbocycles. The SMILES string of the molecule is COc1cccc(C2C3=CCC4C(=O)N(CCc5ccc(O)cc5)C(=O)C4C3CC3C(=O)N(c4ccccc4)C(=O)C32C)c1O. The molecule has 3 fully saturated rings. The Labute approximate surface area is 260 Å². The van der Waals surface area contributed by atoms with Gasteiger partial charge in [-0.3, -0.25) is 24.1 Å². The zero-order valence-corrected chi connectivity index (χ0v) is 25.1. The number of allylic oxidation sites excluding steroid dienone is 2. The van der Waals surface area contributed by atoms with Gasteiger partial charge in [-0.2, -0.15) is 0 Å². The number of methoxy groups -OCH3 is 1. The quantitative estimate of drug-likeness (QED) is 0.311. The highest BCUT2D eigenvalue weighted by Crippen LogP contribution is 2.64. The minimum Gasteiger partial charge on any atom is -0.508 e. The minimum absolute atomic E-state index is 0.114. The van der Waals surface area contributed by atoms with Crippen LogP contribution in [0.3, 0.4) is 0 Å². The van der Waals surface area contributed by atoms with E-state index in [1.807, 2.05) is 12.1 Å². The van der Waals surface area contributed by atoms with Crippen molar-refractivity contribution < 1.29 is 34.1 Å². The number of ether oxygens (including phenoxy) is 1. The van der Waals surface area contributed by atoms with Crippen LogP contribution in [0.25, 0.3) is 0 Å². The first-order valence-corrected chi connectivity index (χ1v) is 15.3. The monoisotopic (exact) mass is 606 g/mol. The van der Waals surface area contributed by atoms with Crippen molar-refractivity contribution in [3.05, 3.63) is 95.6 Å². The van der Waals surface area contributed by atoms with E-state index < -0.39 is 35.0 Å². The predicted molar refractivity (Wildman–Crippen MR) is 164 cm³/mol. The molecule has 2 N–H and O–H groups in total. The van der Waals surface area contributed by atoms with Crippen LogP contribution in [0.2, 0.25) is 0 Å². The Morgan fingerprint density at radius 1 is 0.867 bits per heavy atom. The minimum atomic E-state index is -1.25. The Morgan fingerprint density at radius 2 is 1.60 bits per heavy atom. The van der Waals surface area contributed by atoms with E-state index in [-0.39, 0.29) is 53.8 Å². The Bertz CT molecular complexity index is 1750. The van der Waals surface area contributed by atoms with Crippen molar-refractivity contribution in [2.24, 2.45) is 29.1 Å². The third-order valence-corrected chi connectivity index (χ3v) is 10.5. The lowest BCUT2D eigenvalue weighted by Crippen LogP contribution is -2.49. The van der Waals surface area contributed by atoms with Gasteiger partial charge in [0, 0.05) is 18.0 Å². The molecule has 2 aliphatic heterocycles. The summed E-state index contributed by atoms with van der Waals surface area (Å²) in [7, 11) is 1.45. The molecule has 3 aromatic rings. The fourth-order valence-electron chi connectivity index (χ4n) is 8.31. The highest BCUT2D eigenvalue weighted by molar-refractivity contribution is 6.24. The Hall–Kier alpha value is -4.92. The Kier molecular flexibility index (Phi) is 6.80. The molecule has 0 aromatic heterocycles. The third kappa shape index (κ3) is 4.20. The van der Waals surface area contributed by atoms with Crippen LogP contribution in [0.4, 0.5) is 5.69 Å². The van der Waals surface area contributed by atoms with Crippen LogP contribution in [0.5, 0.6) is 17.2 Å². The fraction of sp³-hybridized carbons (Fsp3) is 0.333. The number of nitrogens with zero attached hydrogens (tertiary/aromatic N) is 2. The van der Waals surface area contributed by atoms with Crippen LogP contribution in [-0.4, -0.2) is 52.4 Å². The second-order valence-corrected chi connectivity index (χ2v) is 12.6. The van der Waals surface area contributed by atoms with Gasteiger partial charge in [0.2, 0.25) is 23.6 Å². The molecule has 9 heteroatoms. The van der Waals surface area contributed by atoms with Crippen molar-refractivity contribution in [3.8, 4) is 17.2 Å². The largest absolute Gasteiger partial charge is 0.508 e. The zero-order chi connectivity index (χ0) is 31.6. The number of phenols is 2. The molecule has 2 heterocycles. The molecule has 45 heavy (non-hydrogen) atoms. The molecule has 2 aliphatic carbocycles. The van der Waals surface area contributed by atoms with Crippen molar-refractivity contribution >= 4 is 29.3 Å². The highest BCUT2D eigenvalue weighted by Gasteiger charge is 2.67. The number of likely N-dealkylation sites (tertiary alicyclic amines) is 1. The van der Waals surface area contributed by atoms with E-state index >= 15 is 0 Å². The lowest BCUT2D eigenvalue weighted by Gasteiger charge is -2.49. The second kappa shape index (κ2) is 10.6. The number of hydrogen-bond acceptors (Lipinski definition) is 7. The first-order valence-electron chi connectivity index (χ1n) is 15.3. The smallest absolute Gasteiger partial charge is 0.241 e. The molecule has 4 amide bonds. The maximum atomic E-state index is 14.5. The predicted octanol–water partition coefficient (Wildman–Crippen LogP) is 4.58. The summed E-state index contributed by atoms with van der Waals surface area (Å²) in [5.41, 5.74) is 1.36. The van der Waals surface area contributed by atoms with Crippen molar-refractivity contribution in [1.82, 2.24) is 4.90 Å². The summed E-state index contributed by atoms with van der Waals surface area (Å²) in [5, 5.41) is 21.0. The molecule has 230 valence electrons. The van der Waals surface area contributed by atoms with E-state index in [4.69, 9.17) is 4.74 Å². The van der Waals surface area contributed by atoms with Gasteiger partial charge in [0.1, 0.15) is 5.75 Å². The molecular formula is C36H34N2O7.